The van der Waals surface area contributed by atoms with Crippen LogP contribution in [0.2, 0.25) is 0 Å². The standard InChI is InChI=1S/2C7H11.Hg/c2*1-3-5-7-6-4-2;/h2*3,5-7H2,1H3;. The van der Waals surface area contributed by atoms with Crippen LogP contribution in [-0.2, 0) is 24.6 Å². The molecule has 0 aromatic rings. The van der Waals surface area contributed by atoms with Gasteiger partial charge in [-0.05, 0) is 0 Å². The van der Waals surface area contributed by atoms with Crippen molar-refractivity contribution in [2.75, 3.05) is 0 Å². The SMILES string of the molecule is CCCCCC#[C][Hg][C]#CCCCCC. The molecule has 0 radical (unpaired) electrons. The molecule has 0 atom stereocenters. The van der Waals surface area contributed by atoms with Crippen molar-refractivity contribution in [1.29, 1.82) is 0 Å². The van der Waals surface area contributed by atoms with Crippen LogP contribution < -0.4 is 0 Å². The zero-order chi connectivity index (χ0) is 11.2. The van der Waals surface area contributed by atoms with Gasteiger partial charge in [-0.2, -0.15) is 0 Å². The first-order chi connectivity index (χ1) is 7.41. The zero-order valence-corrected chi connectivity index (χ0v) is 15.9. The van der Waals surface area contributed by atoms with Crippen molar-refractivity contribution < 1.29 is 24.6 Å². The van der Waals surface area contributed by atoms with E-state index in [4.69, 9.17) is 0 Å². The van der Waals surface area contributed by atoms with E-state index >= 15 is 0 Å². The molecular weight excluding hydrogens is 369 g/mol. The van der Waals surface area contributed by atoms with Gasteiger partial charge in [-0.15, -0.1) is 0 Å². The Morgan fingerprint density at radius 1 is 0.733 bits per heavy atom. The Hall–Kier alpha value is 0.0551. The molecule has 0 amide bonds. The number of rotatable bonds is 6. The van der Waals surface area contributed by atoms with E-state index in [0.29, 0.717) is 0 Å². The van der Waals surface area contributed by atoms with Gasteiger partial charge in [-0.3, -0.25) is 0 Å². The fourth-order valence-electron chi connectivity index (χ4n) is 1.27. The van der Waals surface area contributed by atoms with E-state index in [9.17, 15) is 0 Å². The quantitative estimate of drug-likeness (QED) is 0.363. The van der Waals surface area contributed by atoms with E-state index in [1.54, 1.807) is 0 Å². The first-order valence-corrected chi connectivity index (χ1v) is 11.8. The van der Waals surface area contributed by atoms with Gasteiger partial charge in [0.25, 0.3) is 0 Å². The second kappa shape index (κ2) is 14.1. The molecule has 0 N–H and O–H groups in total. The van der Waals surface area contributed by atoms with Gasteiger partial charge in [-0.25, -0.2) is 0 Å². The van der Waals surface area contributed by atoms with Crippen LogP contribution in [0.1, 0.15) is 65.2 Å². The van der Waals surface area contributed by atoms with Crippen LogP contribution in [0.5, 0.6) is 0 Å². The van der Waals surface area contributed by atoms with Gasteiger partial charge in [0.05, 0.1) is 0 Å². The van der Waals surface area contributed by atoms with E-state index < -0.39 is 24.6 Å². The second-order valence-corrected chi connectivity index (χ2v) is 7.92. The van der Waals surface area contributed by atoms with Gasteiger partial charge in [0.2, 0.25) is 0 Å². The van der Waals surface area contributed by atoms with Gasteiger partial charge >= 0.3 is 108 Å². The topological polar surface area (TPSA) is 0 Å². The van der Waals surface area contributed by atoms with Crippen molar-refractivity contribution in [3.8, 4) is 18.7 Å². The molecule has 0 spiro atoms. The normalized spacial score (nSPS) is 8.13. The Bertz CT molecular complexity index is 208. The molecule has 0 heterocycles. The first kappa shape index (κ1) is 15.1. The number of hydrogen-bond acceptors (Lipinski definition) is 0. The zero-order valence-electron chi connectivity index (χ0n) is 10.4. The molecule has 0 aliphatic heterocycles. The van der Waals surface area contributed by atoms with Crippen molar-refractivity contribution >= 4 is 0 Å². The molecule has 0 aliphatic carbocycles. The molecule has 0 aliphatic rings. The summed E-state index contributed by atoms with van der Waals surface area (Å²) >= 11 is -1.06. The number of hydrogen-bond donors (Lipinski definition) is 0. The van der Waals surface area contributed by atoms with Gasteiger partial charge in [-0.1, -0.05) is 0 Å². The van der Waals surface area contributed by atoms with Crippen LogP contribution in [0.15, 0.2) is 0 Å². The predicted molar refractivity (Wildman–Crippen MR) is 63.8 cm³/mol. The van der Waals surface area contributed by atoms with Crippen molar-refractivity contribution in [2.45, 2.75) is 65.2 Å². The second-order valence-electron chi connectivity index (χ2n) is 3.80. The van der Waals surface area contributed by atoms with Crippen LogP contribution in [-0.4, -0.2) is 0 Å². The molecule has 1 heteroatoms. The van der Waals surface area contributed by atoms with Crippen molar-refractivity contribution in [3.63, 3.8) is 0 Å². The van der Waals surface area contributed by atoms with E-state index in [2.05, 4.69) is 32.5 Å². The molecule has 0 fully saturated rings. The minimum absolute atomic E-state index is 1.06. The molecule has 80 valence electrons. The predicted octanol–water partition coefficient (Wildman–Crippen LogP) is 4.15. The molecular formula is C14H22Hg. The van der Waals surface area contributed by atoms with E-state index in [-0.39, 0.29) is 0 Å². The number of unbranched alkanes of at least 4 members (excludes halogenated alkanes) is 6. The summed E-state index contributed by atoms with van der Waals surface area (Å²) in [7, 11) is 0. The van der Waals surface area contributed by atoms with Gasteiger partial charge in [0, 0.05) is 0 Å². The summed E-state index contributed by atoms with van der Waals surface area (Å²) < 4.78 is 6.67. The fourth-order valence-corrected chi connectivity index (χ4v) is 3.96. The Kier molecular flexibility index (Phi) is 14.1. The molecule has 0 bridgehead atoms. The monoisotopic (exact) mass is 392 g/mol. The Labute approximate surface area is 108 Å². The summed E-state index contributed by atoms with van der Waals surface area (Å²) in [5, 5.41) is 0. The maximum absolute atomic E-state index is 3.33. The molecule has 0 rings (SSSR count). The summed E-state index contributed by atoms with van der Waals surface area (Å²) in [4.78, 5) is 0. The van der Waals surface area contributed by atoms with Gasteiger partial charge in [0.1, 0.15) is 0 Å². The summed E-state index contributed by atoms with van der Waals surface area (Å²) in [5.74, 6) is 6.54. The average Bonchev–Trinajstić information content (AvgIpc) is 2.26. The Morgan fingerprint density at radius 2 is 1.20 bits per heavy atom. The van der Waals surface area contributed by atoms with Crippen LogP contribution in [0.3, 0.4) is 0 Å². The third kappa shape index (κ3) is 14.1. The fraction of sp³-hybridized carbons (Fsp3) is 0.714. The maximum atomic E-state index is 3.33. The third-order valence-electron chi connectivity index (χ3n) is 2.24. The van der Waals surface area contributed by atoms with Gasteiger partial charge in [0.15, 0.2) is 0 Å². The summed E-state index contributed by atoms with van der Waals surface area (Å²) in [6, 6.07) is 0. The van der Waals surface area contributed by atoms with Crippen LogP contribution in [0, 0.1) is 18.7 Å². The first-order valence-electron chi connectivity index (χ1n) is 6.33. The van der Waals surface area contributed by atoms with Crippen LogP contribution >= 0.6 is 0 Å². The molecule has 0 saturated carbocycles. The van der Waals surface area contributed by atoms with Crippen LogP contribution in [0.25, 0.3) is 0 Å². The average molecular weight is 391 g/mol. The van der Waals surface area contributed by atoms with Gasteiger partial charge < -0.3 is 0 Å². The van der Waals surface area contributed by atoms with E-state index in [1.807, 2.05) is 0 Å². The summed E-state index contributed by atoms with van der Waals surface area (Å²) in [5.41, 5.74) is 0. The molecule has 15 heavy (non-hydrogen) atoms. The summed E-state index contributed by atoms with van der Waals surface area (Å²) in [6.45, 7) is 4.46. The van der Waals surface area contributed by atoms with Crippen LogP contribution in [0.4, 0.5) is 0 Å². The molecule has 0 unspecified atom stereocenters. The van der Waals surface area contributed by atoms with Crippen molar-refractivity contribution in [3.05, 3.63) is 0 Å². The Balaban J connectivity index is 3.26. The van der Waals surface area contributed by atoms with E-state index in [1.165, 1.54) is 38.5 Å². The van der Waals surface area contributed by atoms with Crippen molar-refractivity contribution in [1.82, 2.24) is 0 Å². The van der Waals surface area contributed by atoms with Crippen molar-refractivity contribution in [2.24, 2.45) is 0 Å². The molecule has 0 aromatic heterocycles. The summed E-state index contributed by atoms with van der Waals surface area (Å²) in [6.07, 6.45) is 10.0. The molecule has 0 aromatic carbocycles. The Morgan fingerprint density at radius 3 is 1.60 bits per heavy atom. The molecule has 0 nitrogen and oxygen atoms in total. The van der Waals surface area contributed by atoms with E-state index in [0.717, 1.165) is 12.8 Å². The minimum atomic E-state index is -1.06. The molecule has 0 saturated heterocycles. The third-order valence-corrected chi connectivity index (χ3v) is 5.56.